The van der Waals surface area contributed by atoms with Gasteiger partial charge < -0.3 is 11.5 Å². The minimum Gasteiger partial charge on any atom is -0.397 e. The summed E-state index contributed by atoms with van der Waals surface area (Å²) in [6.07, 6.45) is 3.97. The van der Waals surface area contributed by atoms with Gasteiger partial charge in [-0.15, -0.1) is 0 Å². The molecule has 1 unspecified atom stereocenters. The van der Waals surface area contributed by atoms with Crippen LogP contribution in [0.5, 0.6) is 0 Å². The number of aryl methyl sites for hydroxylation is 1. The Hall–Kier alpha value is -1.18. The molecule has 2 nitrogen and oxygen atoms in total. The lowest BCUT2D eigenvalue weighted by Crippen LogP contribution is -2.07. The molecule has 1 fully saturated rings. The first-order chi connectivity index (χ1) is 6.68. The fourth-order valence-corrected chi connectivity index (χ4v) is 3.39. The zero-order chi connectivity index (χ0) is 9.87. The van der Waals surface area contributed by atoms with E-state index in [4.69, 9.17) is 11.5 Å². The first kappa shape index (κ1) is 8.16. The van der Waals surface area contributed by atoms with Crippen LogP contribution in [0.4, 0.5) is 11.4 Å². The summed E-state index contributed by atoms with van der Waals surface area (Å²) in [5.41, 5.74) is 17.9. The summed E-state index contributed by atoms with van der Waals surface area (Å²) in [6, 6.07) is 2.04. The van der Waals surface area contributed by atoms with E-state index in [2.05, 4.69) is 6.92 Å². The van der Waals surface area contributed by atoms with Crippen LogP contribution >= 0.6 is 0 Å². The van der Waals surface area contributed by atoms with Crippen LogP contribution in [-0.4, -0.2) is 0 Å². The average Bonchev–Trinajstić information content (AvgIpc) is 2.73. The van der Waals surface area contributed by atoms with E-state index in [9.17, 15) is 0 Å². The monoisotopic (exact) mass is 188 g/mol. The Labute approximate surface area is 84.3 Å². The topological polar surface area (TPSA) is 52.0 Å². The van der Waals surface area contributed by atoms with Gasteiger partial charge in [-0.3, -0.25) is 0 Å². The molecule has 2 heteroatoms. The average molecular weight is 188 g/mol. The van der Waals surface area contributed by atoms with Crippen molar-refractivity contribution in [3.63, 3.8) is 0 Å². The van der Waals surface area contributed by atoms with Gasteiger partial charge in [-0.1, -0.05) is 0 Å². The lowest BCUT2D eigenvalue weighted by Gasteiger charge is -2.20. The van der Waals surface area contributed by atoms with E-state index in [0.29, 0.717) is 5.92 Å². The molecule has 1 aromatic carbocycles. The van der Waals surface area contributed by atoms with Gasteiger partial charge in [-0.25, -0.2) is 0 Å². The van der Waals surface area contributed by atoms with E-state index < -0.39 is 0 Å². The predicted molar refractivity (Wildman–Crippen MR) is 59.3 cm³/mol. The van der Waals surface area contributed by atoms with E-state index in [1.54, 1.807) is 0 Å². The second kappa shape index (κ2) is 2.44. The molecule has 74 valence electrons. The molecular weight excluding hydrogens is 172 g/mol. The van der Waals surface area contributed by atoms with Crippen molar-refractivity contribution in [2.75, 3.05) is 11.5 Å². The molecular formula is C12H16N2. The SMILES string of the molecule is Cc1cc(N)c(N)c2c1C1CC[C@H]2C1. The van der Waals surface area contributed by atoms with Crippen molar-refractivity contribution in [1.82, 2.24) is 0 Å². The van der Waals surface area contributed by atoms with Crippen molar-refractivity contribution in [1.29, 1.82) is 0 Å². The Morgan fingerprint density at radius 3 is 2.50 bits per heavy atom. The van der Waals surface area contributed by atoms with Gasteiger partial charge in [0.2, 0.25) is 0 Å². The highest BCUT2D eigenvalue weighted by Gasteiger charge is 2.39. The lowest BCUT2D eigenvalue weighted by atomic mass is 9.87. The molecule has 0 spiro atoms. The maximum absolute atomic E-state index is 6.06. The fraction of sp³-hybridized carbons (Fsp3) is 0.500. The highest BCUT2D eigenvalue weighted by Crippen LogP contribution is 2.56. The van der Waals surface area contributed by atoms with Gasteiger partial charge in [0.1, 0.15) is 0 Å². The summed E-state index contributed by atoms with van der Waals surface area (Å²) < 4.78 is 0. The van der Waals surface area contributed by atoms with Crippen molar-refractivity contribution in [3.05, 3.63) is 22.8 Å². The van der Waals surface area contributed by atoms with Crippen LogP contribution in [0, 0.1) is 6.92 Å². The molecule has 0 aromatic heterocycles. The van der Waals surface area contributed by atoms with Gasteiger partial charge in [-0.05, 0) is 60.8 Å². The molecule has 1 saturated carbocycles. The number of benzene rings is 1. The van der Waals surface area contributed by atoms with Crippen molar-refractivity contribution < 1.29 is 0 Å². The second-order valence-electron chi connectivity index (χ2n) is 4.73. The maximum Gasteiger partial charge on any atom is 0.0586 e. The Bertz CT molecular complexity index is 409. The number of nitrogen functional groups attached to an aromatic ring is 2. The predicted octanol–water partition coefficient (Wildman–Crippen LogP) is 2.52. The van der Waals surface area contributed by atoms with Gasteiger partial charge >= 0.3 is 0 Å². The minimum absolute atomic E-state index is 0.706. The molecule has 1 aromatic rings. The summed E-state index contributed by atoms with van der Waals surface area (Å²) in [5, 5.41) is 0. The van der Waals surface area contributed by atoms with Gasteiger partial charge in [0, 0.05) is 0 Å². The lowest BCUT2D eigenvalue weighted by molar-refractivity contribution is 0.715. The number of rotatable bonds is 0. The summed E-state index contributed by atoms with van der Waals surface area (Å²) in [5.74, 6) is 1.48. The molecule has 4 N–H and O–H groups in total. The van der Waals surface area contributed by atoms with Crippen LogP contribution in [0.2, 0.25) is 0 Å². The normalized spacial score (nSPS) is 28.1. The van der Waals surface area contributed by atoms with Crippen molar-refractivity contribution in [2.45, 2.75) is 38.0 Å². The van der Waals surface area contributed by atoms with Crippen molar-refractivity contribution in [2.24, 2.45) is 0 Å². The smallest absolute Gasteiger partial charge is 0.0586 e. The Morgan fingerprint density at radius 1 is 1.14 bits per heavy atom. The van der Waals surface area contributed by atoms with Gasteiger partial charge in [-0.2, -0.15) is 0 Å². The Kier molecular flexibility index (Phi) is 1.42. The Balaban J connectivity index is 2.32. The van der Waals surface area contributed by atoms with E-state index in [0.717, 1.165) is 17.3 Å². The standard InChI is InChI=1S/C12H16N2/c1-6-4-9(13)12(14)11-8-3-2-7(5-8)10(6)11/h4,7-8H,2-3,5,13-14H2,1H3/t7?,8-/m0/s1. The van der Waals surface area contributed by atoms with Crippen LogP contribution < -0.4 is 11.5 Å². The molecule has 2 bridgehead atoms. The van der Waals surface area contributed by atoms with Crippen LogP contribution in [0.25, 0.3) is 0 Å². The zero-order valence-corrected chi connectivity index (χ0v) is 8.51. The molecule has 0 aliphatic heterocycles. The first-order valence-electron chi connectivity index (χ1n) is 5.37. The molecule has 0 amide bonds. The highest BCUT2D eigenvalue weighted by atomic mass is 14.7. The van der Waals surface area contributed by atoms with E-state index >= 15 is 0 Å². The zero-order valence-electron chi connectivity index (χ0n) is 8.51. The fourth-order valence-electron chi connectivity index (χ4n) is 3.39. The van der Waals surface area contributed by atoms with Crippen LogP contribution in [0.3, 0.4) is 0 Å². The van der Waals surface area contributed by atoms with E-state index in [1.807, 2.05) is 6.07 Å². The second-order valence-corrected chi connectivity index (χ2v) is 4.73. The molecule has 0 radical (unpaired) electrons. The molecule has 0 heterocycles. The van der Waals surface area contributed by atoms with Crippen LogP contribution in [-0.2, 0) is 0 Å². The van der Waals surface area contributed by atoms with E-state index in [1.165, 1.54) is 36.0 Å². The summed E-state index contributed by atoms with van der Waals surface area (Å²) in [6.45, 7) is 2.16. The quantitative estimate of drug-likeness (QED) is 0.615. The van der Waals surface area contributed by atoms with Gasteiger partial charge in [0.15, 0.2) is 0 Å². The number of nitrogens with two attached hydrogens (primary N) is 2. The van der Waals surface area contributed by atoms with Crippen molar-refractivity contribution in [3.8, 4) is 0 Å². The number of anilines is 2. The van der Waals surface area contributed by atoms with Gasteiger partial charge in [0.25, 0.3) is 0 Å². The highest BCUT2D eigenvalue weighted by molar-refractivity contribution is 5.74. The largest absolute Gasteiger partial charge is 0.397 e. The van der Waals surface area contributed by atoms with Crippen LogP contribution in [0.15, 0.2) is 6.07 Å². The summed E-state index contributed by atoms with van der Waals surface area (Å²) >= 11 is 0. The number of hydrogen-bond donors (Lipinski definition) is 2. The molecule has 2 aliphatic rings. The summed E-state index contributed by atoms with van der Waals surface area (Å²) in [7, 11) is 0. The first-order valence-corrected chi connectivity index (χ1v) is 5.37. The Morgan fingerprint density at radius 2 is 1.79 bits per heavy atom. The maximum atomic E-state index is 6.06. The third kappa shape index (κ3) is 0.813. The molecule has 0 saturated heterocycles. The molecule has 2 aliphatic carbocycles. The van der Waals surface area contributed by atoms with Crippen LogP contribution in [0.1, 0.15) is 47.8 Å². The third-order valence-electron chi connectivity index (χ3n) is 3.94. The minimum atomic E-state index is 0.706. The third-order valence-corrected chi connectivity index (χ3v) is 3.94. The molecule has 3 rings (SSSR count). The van der Waals surface area contributed by atoms with Crippen molar-refractivity contribution >= 4 is 11.4 Å². The van der Waals surface area contributed by atoms with Gasteiger partial charge in [0.05, 0.1) is 11.4 Å². The number of fused-ring (bicyclic) bond motifs is 5. The number of hydrogen-bond acceptors (Lipinski definition) is 2. The molecule has 2 atom stereocenters. The summed E-state index contributed by atoms with van der Waals surface area (Å²) in [4.78, 5) is 0. The molecule has 14 heavy (non-hydrogen) atoms. The van der Waals surface area contributed by atoms with E-state index in [-0.39, 0.29) is 0 Å².